The summed E-state index contributed by atoms with van der Waals surface area (Å²) in [7, 11) is -1.15. The number of hydrogen-bond acceptors (Lipinski definition) is 6. The van der Waals surface area contributed by atoms with Crippen LogP contribution in [0.2, 0.25) is 0 Å². The van der Waals surface area contributed by atoms with Crippen molar-refractivity contribution in [2.24, 2.45) is 0 Å². The fourth-order valence-electron chi connectivity index (χ4n) is 1.76. The highest BCUT2D eigenvalue weighted by molar-refractivity contribution is 8.09. The van der Waals surface area contributed by atoms with E-state index in [2.05, 4.69) is 15.3 Å². The number of rotatable bonds is 8. The first kappa shape index (κ1) is 19.4. The Balaban J connectivity index is 2.74. The van der Waals surface area contributed by atoms with E-state index < -0.39 is 34.0 Å². The molecule has 0 saturated heterocycles. The Hall–Kier alpha value is -1.65. The summed E-state index contributed by atoms with van der Waals surface area (Å²) in [6, 6.07) is -0.630. The molecule has 0 spiro atoms. The van der Waals surface area contributed by atoms with Gasteiger partial charge < -0.3 is 15.4 Å². The lowest BCUT2D eigenvalue weighted by molar-refractivity contribution is -0.117. The molecule has 1 amide bonds. The summed E-state index contributed by atoms with van der Waals surface area (Å²) in [5.74, 6) is -0.384. The zero-order chi connectivity index (χ0) is 17.4. The molecular weight excluding hydrogens is 342 g/mol. The molecule has 8 nitrogen and oxygen atoms in total. The summed E-state index contributed by atoms with van der Waals surface area (Å²) in [5.41, 5.74) is -0.727. The summed E-state index contributed by atoms with van der Waals surface area (Å²) in [6.45, 7) is 1.20. The molecule has 0 fully saturated rings. The number of hydrogen-bond donors (Lipinski definition) is 4. The van der Waals surface area contributed by atoms with Crippen LogP contribution in [0.1, 0.15) is 11.3 Å². The number of carbonyl (C=O) groups is 1. The minimum absolute atomic E-state index is 0.148. The molecule has 0 aliphatic rings. The minimum atomic E-state index is -1.15. The summed E-state index contributed by atoms with van der Waals surface area (Å²) in [4.78, 5) is 39.0. The van der Waals surface area contributed by atoms with Gasteiger partial charge in [0.05, 0.1) is 23.3 Å². The zero-order valence-corrected chi connectivity index (χ0v) is 14.4. The van der Waals surface area contributed by atoms with Gasteiger partial charge in [0.25, 0.3) is 5.56 Å². The monoisotopic (exact) mass is 361 g/mol. The van der Waals surface area contributed by atoms with E-state index in [-0.39, 0.29) is 17.9 Å². The highest BCUT2D eigenvalue weighted by atomic mass is 32.2. The topological polar surface area (TPSA) is 132 Å². The average molecular weight is 361 g/mol. The highest BCUT2D eigenvalue weighted by Crippen LogP contribution is 2.00. The molecule has 2 atom stereocenters. The largest absolute Gasteiger partial charge is 0.394 e. The molecule has 0 aromatic carbocycles. The number of amides is 1. The first-order chi connectivity index (χ1) is 10.9. The number of aryl methyl sites for hydroxylation is 1. The maximum absolute atomic E-state index is 11.8. The highest BCUT2D eigenvalue weighted by Gasteiger charge is 2.13. The number of nitrogens with one attached hydrogen (secondary N) is 3. The SMILES string of the molecule is CSCS(=O)C[C@H](CO)NC(=O)C=Cc1c(C)[nH]c(=O)[nH]c1=O. The van der Waals surface area contributed by atoms with Crippen LogP contribution in [0.25, 0.3) is 6.08 Å². The number of thioether (sulfide) groups is 1. The Kier molecular flexibility index (Phi) is 8.00. The van der Waals surface area contributed by atoms with Crippen LogP contribution in [0, 0.1) is 6.92 Å². The fourth-order valence-corrected chi connectivity index (χ4v) is 3.84. The second-order valence-corrected chi connectivity index (χ2v) is 7.41. The first-order valence-electron chi connectivity index (χ1n) is 6.64. The van der Waals surface area contributed by atoms with Crippen LogP contribution in [0.5, 0.6) is 0 Å². The van der Waals surface area contributed by atoms with Crippen molar-refractivity contribution in [1.29, 1.82) is 0 Å². The van der Waals surface area contributed by atoms with Crippen LogP contribution in [-0.4, -0.2) is 54.9 Å². The number of aromatic amines is 2. The quantitative estimate of drug-likeness (QED) is 0.436. The van der Waals surface area contributed by atoms with Crippen molar-refractivity contribution in [2.45, 2.75) is 13.0 Å². The molecule has 0 aliphatic heterocycles. The van der Waals surface area contributed by atoms with Gasteiger partial charge in [-0.25, -0.2) is 4.79 Å². The van der Waals surface area contributed by atoms with Crippen LogP contribution in [0.15, 0.2) is 15.7 Å². The molecule has 1 heterocycles. The van der Waals surface area contributed by atoms with E-state index in [1.165, 1.54) is 24.8 Å². The maximum atomic E-state index is 11.8. The van der Waals surface area contributed by atoms with Crippen LogP contribution in [0.3, 0.4) is 0 Å². The van der Waals surface area contributed by atoms with Crippen molar-refractivity contribution >= 4 is 34.5 Å². The molecule has 128 valence electrons. The van der Waals surface area contributed by atoms with Gasteiger partial charge in [-0.15, -0.1) is 0 Å². The lowest BCUT2D eigenvalue weighted by atomic mass is 10.2. The third kappa shape index (κ3) is 6.55. The van der Waals surface area contributed by atoms with Gasteiger partial charge in [-0.3, -0.25) is 18.8 Å². The third-order valence-electron chi connectivity index (χ3n) is 2.78. The number of aromatic nitrogens is 2. The molecule has 0 aliphatic carbocycles. The van der Waals surface area contributed by atoms with E-state index >= 15 is 0 Å². The van der Waals surface area contributed by atoms with Crippen molar-refractivity contribution in [3.8, 4) is 0 Å². The van der Waals surface area contributed by atoms with Crippen molar-refractivity contribution in [1.82, 2.24) is 15.3 Å². The lowest BCUT2D eigenvalue weighted by Crippen LogP contribution is -2.40. The molecule has 0 saturated carbocycles. The number of H-pyrrole nitrogens is 2. The Bertz CT molecular complexity index is 710. The van der Waals surface area contributed by atoms with Crippen molar-refractivity contribution in [3.05, 3.63) is 38.2 Å². The standard InChI is InChI=1S/C13H19N3O5S2/c1-8-10(12(19)16-13(20)14-8)3-4-11(18)15-9(5-17)6-23(21)7-22-2/h3-4,9,17H,5-7H2,1-2H3,(H,15,18)(H2,14,16,19,20)/t9-,23?/m0/s1. The third-order valence-corrected chi connectivity index (χ3v) is 5.55. The van der Waals surface area contributed by atoms with Gasteiger partial charge in [0, 0.05) is 28.3 Å². The summed E-state index contributed by atoms with van der Waals surface area (Å²) in [6.07, 6.45) is 4.21. The van der Waals surface area contributed by atoms with Gasteiger partial charge in [-0.05, 0) is 19.3 Å². The van der Waals surface area contributed by atoms with Crippen molar-refractivity contribution in [3.63, 3.8) is 0 Å². The predicted octanol–water partition coefficient (Wildman–Crippen LogP) is -1.07. The molecule has 0 radical (unpaired) electrons. The molecular formula is C13H19N3O5S2. The van der Waals surface area contributed by atoms with Gasteiger partial charge in [0.2, 0.25) is 5.91 Å². The smallest absolute Gasteiger partial charge is 0.325 e. The Morgan fingerprint density at radius 1 is 1.43 bits per heavy atom. The second-order valence-electron chi connectivity index (χ2n) is 4.68. The molecule has 1 unspecified atom stereocenters. The Labute approximate surface area is 139 Å². The predicted molar refractivity (Wildman–Crippen MR) is 91.9 cm³/mol. The van der Waals surface area contributed by atoms with Gasteiger partial charge in [0.1, 0.15) is 0 Å². The second kappa shape index (κ2) is 9.48. The minimum Gasteiger partial charge on any atom is -0.394 e. The molecule has 0 bridgehead atoms. The summed E-state index contributed by atoms with van der Waals surface area (Å²) >= 11 is 1.42. The average Bonchev–Trinajstić information content (AvgIpc) is 2.45. The molecule has 1 rings (SSSR count). The number of carbonyl (C=O) groups excluding carboxylic acids is 1. The van der Waals surface area contributed by atoms with Crippen LogP contribution in [-0.2, 0) is 15.6 Å². The normalized spacial score (nSPS) is 13.9. The maximum Gasteiger partial charge on any atom is 0.325 e. The van der Waals surface area contributed by atoms with E-state index in [4.69, 9.17) is 0 Å². The van der Waals surface area contributed by atoms with Crippen LogP contribution >= 0.6 is 11.8 Å². The van der Waals surface area contributed by atoms with Crippen molar-refractivity contribution in [2.75, 3.05) is 23.7 Å². The zero-order valence-electron chi connectivity index (χ0n) is 12.8. The van der Waals surface area contributed by atoms with E-state index in [9.17, 15) is 23.7 Å². The first-order valence-corrected chi connectivity index (χ1v) is 9.52. The van der Waals surface area contributed by atoms with Gasteiger partial charge in [-0.1, -0.05) is 0 Å². The van der Waals surface area contributed by atoms with Gasteiger partial charge >= 0.3 is 5.69 Å². The molecule has 4 N–H and O–H groups in total. The van der Waals surface area contributed by atoms with Crippen molar-refractivity contribution < 1.29 is 14.1 Å². The van der Waals surface area contributed by atoms with Gasteiger partial charge in [0.15, 0.2) is 0 Å². The Morgan fingerprint density at radius 3 is 2.70 bits per heavy atom. The van der Waals surface area contributed by atoms with Crippen LogP contribution < -0.4 is 16.6 Å². The van der Waals surface area contributed by atoms with E-state index in [0.29, 0.717) is 10.8 Å². The fraction of sp³-hybridized carbons (Fsp3) is 0.462. The molecule has 23 heavy (non-hydrogen) atoms. The Morgan fingerprint density at radius 2 is 2.13 bits per heavy atom. The van der Waals surface area contributed by atoms with Crippen LogP contribution in [0.4, 0.5) is 0 Å². The van der Waals surface area contributed by atoms with E-state index in [0.717, 1.165) is 6.08 Å². The molecule has 10 heteroatoms. The lowest BCUT2D eigenvalue weighted by Gasteiger charge is -2.14. The van der Waals surface area contributed by atoms with Gasteiger partial charge in [-0.2, -0.15) is 11.8 Å². The van der Waals surface area contributed by atoms with E-state index in [1.807, 2.05) is 6.26 Å². The summed E-state index contributed by atoms with van der Waals surface area (Å²) < 4.78 is 11.6. The van der Waals surface area contributed by atoms with E-state index in [1.54, 1.807) is 0 Å². The summed E-state index contributed by atoms with van der Waals surface area (Å²) in [5, 5.41) is 12.2. The number of aliphatic hydroxyl groups is 1. The molecule has 1 aromatic heterocycles. The molecule has 1 aromatic rings. The number of aliphatic hydroxyl groups excluding tert-OH is 1.